The second kappa shape index (κ2) is 6.90. The summed E-state index contributed by atoms with van der Waals surface area (Å²) in [6, 6.07) is 11.4. The molecule has 4 rings (SSSR count). The van der Waals surface area contributed by atoms with E-state index in [1.807, 2.05) is 6.92 Å². The number of rotatable bonds is 4. The second-order valence-electron chi connectivity index (χ2n) is 6.27. The Morgan fingerprint density at radius 2 is 1.96 bits per heavy atom. The minimum Gasteiger partial charge on any atom is -0.423 e. The Labute approximate surface area is 163 Å². The van der Waals surface area contributed by atoms with Crippen molar-refractivity contribution in [2.45, 2.75) is 13.5 Å². The number of amides is 1. The van der Waals surface area contributed by atoms with Crippen LogP contribution in [0.1, 0.15) is 21.5 Å². The van der Waals surface area contributed by atoms with Gasteiger partial charge in [0.2, 0.25) is 11.7 Å². The first-order chi connectivity index (χ1) is 13.4. The lowest BCUT2D eigenvalue weighted by molar-refractivity contribution is 0.100. The lowest BCUT2D eigenvalue weighted by Gasteiger charge is -2.06. The number of aryl methyl sites for hydroxylation is 1. The van der Waals surface area contributed by atoms with E-state index in [9.17, 15) is 9.59 Å². The number of hydrogen-bond donors (Lipinski definition) is 1. The highest BCUT2D eigenvalue weighted by Gasteiger charge is 2.12. The quantitative estimate of drug-likeness (QED) is 0.530. The molecule has 4 aromatic rings. The molecule has 9 heteroatoms. The van der Waals surface area contributed by atoms with Crippen molar-refractivity contribution in [3.05, 3.63) is 74.6 Å². The maximum atomic E-state index is 11.9. The first-order valence-corrected chi connectivity index (χ1v) is 8.69. The van der Waals surface area contributed by atoms with Crippen molar-refractivity contribution < 1.29 is 9.21 Å². The summed E-state index contributed by atoms with van der Waals surface area (Å²) in [4.78, 5) is 24.4. The van der Waals surface area contributed by atoms with Crippen molar-refractivity contribution in [3.63, 3.8) is 0 Å². The molecule has 0 unspecified atom stereocenters. The smallest absolute Gasteiger partial charge is 0.336 e. The first kappa shape index (κ1) is 17.9. The zero-order chi connectivity index (χ0) is 19.8. The van der Waals surface area contributed by atoms with Crippen LogP contribution in [0.4, 0.5) is 0 Å². The zero-order valence-corrected chi connectivity index (χ0v) is 15.5. The van der Waals surface area contributed by atoms with Gasteiger partial charge < -0.3 is 10.2 Å². The molecule has 2 aromatic heterocycles. The van der Waals surface area contributed by atoms with Gasteiger partial charge in [-0.2, -0.15) is 4.80 Å². The van der Waals surface area contributed by atoms with E-state index in [4.69, 9.17) is 21.8 Å². The Balaban J connectivity index is 1.68. The van der Waals surface area contributed by atoms with Gasteiger partial charge in [0.05, 0.1) is 6.54 Å². The third kappa shape index (κ3) is 3.37. The van der Waals surface area contributed by atoms with Crippen molar-refractivity contribution in [2.24, 2.45) is 5.73 Å². The van der Waals surface area contributed by atoms with Crippen LogP contribution >= 0.6 is 11.6 Å². The van der Waals surface area contributed by atoms with Crippen molar-refractivity contribution in [1.29, 1.82) is 0 Å². The highest BCUT2D eigenvalue weighted by molar-refractivity contribution is 6.32. The number of carbonyl (C=O) groups excluding carboxylic acids is 1. The molecular formula is C19H14ClN5O3. The topological polar surface area (TPSA) is 117 Å². The molecule has 140 valence electrons. The number of hydrogen-bond acceptors (Lipinski definition) is 6. The summed E-state index contributed by atoms with van der Waals surface area (Å²) >= 11 is 6.22. The summed E-state index contributed by atoms with van der Waals surface area (Å²) in [6.45, 7) is 2.05. The van der Waals surface area contributed by atoms with Crippen LogP contribution in [0, 0.1) is 6.92 Å². The molecule has 0 radical (unpaired) electrons. The average molecular weight is 396 g/mol. The molecule has 0 spiro atoms. The molecule has 0 saturated heterocycles. The van der Waals surface area contributed by atoms with E-state index >= 15 is 0 Å². The summed E-state index contributed by atoms with van der Waals surface area (Å²) in [5.74, 6) is -0.121. The number of halogens is 1. The van der Waals surface area contributed by atoms with Gasteiger partial charge in [-0.25, -0.2) is 4.79 Å². The highest BCUT2D eigenvalue weighted by atomic mass is 35.5. The van der Waals surface area contributed by atoms with Crippen LogP contribution in [0.2, 0.25) is 5.02 Å². The standard InChI is InChI=1S/C19H14ClN5O3/c1-10-6-16-14(8-15(10)20)13(7-17(26)28-16)9-25-23-19(22-24-25)12-4-2-11(3-5-12)18(21)27/h2-8H,9H2,1H3,(H2,21,27). The maximum absolute atomic E-state index is 11.9. The molecule has 2 heterocycles. The van der Waals surface area contributed by atoms with Crippen LogP contribution in [0.5, 0.6) is 0 Å². The van der Waals surface area contributed by atoms with E-state index < -0.39 is 11.5 Å². The highest BCUT2D eigenvalue weighted by Crippen LogP contribution is 2.25. The number of nitrogens with zero attached hydrogens (tertiary/aromatic N) is 4. The number of primary amides is 1. The van der Waals surface area contributed by atoms with E-state index in [0.29, 0.717) is 38.5 Å². The Kier molecular flexibility index (Phi) is 4.40. The van der Waals surface area contributed by atoms with Gasteiger partial charge in [0.25, 0.3) is 0 Å². The van der Waals surface area contributed by atoms with Gasteiger partial charge in [-0.3, -0.25) is 4.79 Å². The molecule has 0 aliphatic rings. The van der Waals surface area contributed by atoms with E-state index in [0.717, 1.165) is 5.56 Å². The van der Waals surface area contributed by atoms with Crippen molar-refractivity contribution >= 4 is 28.5 Å². The Bertz CT molecular complexity index is 1260. The van der Waals surface area contributed by atoms with Crippen LogP contribution in [0.15, 0.2) is 51.7 Å². The molecule has 0 saturated carbocycles. The minimum absolute atomic E-state index is 0.216. The third-order valence-electron chi connectivity index (χ3n) is 4.30. The summed E-state index contributed by atoms with van der Waals surface area (Å²) in [6.07, 6.45) is 0. The molecule has 1 amide bonds. The SMILES string of the molecule is Cc1cc2oc(=O)cc(Cn3nnc(-c4ccc(C(N)=O)cc4)n3)c2cc1Cl. The fourth-order valence-corrected chi connectivity index (χ4v) is 3.00. The Morgan fingerprint density at radius 1 is 1.21 bits per heavy atom. The molecule has 0 aliphatic carbocycles. The Morgan fingerprint density at radius 3 is 2.68 bits per heavy atom. The van der Waals surface area contributed by atoms with Gasteiger partial charge in [0.15, 0.2) is 0 Å². The predicted octanol–water partition coefficient (Wildman–Crippen LogP) is 2.56. The van der Waals surface area contributed by atoms with Crippen LogP contribution in [0.25, 0.3) is 22.4 Å². The van der Waals surface area contributed by atoms with E-state index in [2.05, 4.69) is 15.4 Å². The van der Waals surface area contributed by atoms with Crippen molar-refractivity contribution in [3.8, 4) is 11.4 Å². The molecule has 0 aliphatic heterocycles. The van der Waals surface area contributed by atoms with Crippen molar-refractivity contribution in [1.82, 2.24) is 20.2 Å². The number of nitrogens with two attached hydrogens (primary N) is 1. The Hall–Kier alpha value is -3.52. The third-order valence-corrected chi connectivity index (χ3v) is 4.71. The van der Waals surface area contributed by atoms with Crippen LogP contribution in [-0.2, 0) is 6.54 Å². The summed E-state index contributed by atoms with van der Waals surface area (Å²) in [7, 11) is 0. The monoisotopic (exact) mass is 395 g/mol. The van der Waals surface area contributed by atoms with Gasteiger partial charge in [0, 0.05) is 27.6 Å². The number of benzene rings is 2. The summed E-state index contributed by atoms with van der Waals surface area (Å²) in [5.41, 5.74) is 7.79. The second-order valence-corrected chi connectivity index (χ2v) is 6.68. The summed E-state index contributed by atoms with van der Waals surface area (Å²) < 4.78 is 5.26. The van der Waals surface area contributed by atoms with Gasteiger partial charge >= 0.3 is 5.63 Å². The van der Waals surface area contributed by atoms with Crippen molar-refractivity contribution in [2.75, 3.05) is 0 Å². The summed E-state index contributed by atoms with van der Waals surface area (Å²) in [5, 5.41) is 13.7. The first-order valence-electron chi connectivity index (χ1n) is 8.31. The fraction of sp³-hybridized carbons (Fsp3) is 0.105. The lowest BCUT2D eigenvalue weighted by Crippen LogP contribution is -2.10. The van der Waals surface area contributed by atoms with E-state index in [-0.39, 0.29) is 6.54 Å². The van der Waals surface area contributed by atoms with Crippen LogP contribution in [-0.4, -0.2) is 26.1 Å². The van der Waals surface area contributed by atoms with E-state index in [1.165, 1.54) is 10.9 Å². The molecule has 8 nitrogen and oxygen atoms in total. The number of tetrazole rings is 1. The van der Waals surface area contributed by atoms with Crippen LogP contribution in [0.3, 0.4) is 0 Å². The van der Waals surface area contributed by atoms with Gasteiger partial charge in [-0.1, -0.05) is 23.7 Å². The maximum Gasteiger partial charge on any atom is 0.336 e. The largest absolute Gasteiger partial charge is 0.423 e. The molecule has 2 aromatic carbocycles. The van der Waals surface area contributed by atoms with Gasteiger partial charge in [-0.15, -0.1) is 10.2 Å². The molecule has 2 N–H and O–H groups in total. The molecular weight excluding hydrogens is 382 g/mol. The molecule has 0 bridgehead atoms. The molecule has 0 atom stereocenters. The average Bonchev–Trinajstić information content (AvgIpc) is 3.12. The van der Waals surface area contributed by atoms with Gasteiger partial charge in [0.1, 0.15) is 5.58 Å². The molecule has 28 heavy (non-hydrogen) atoms. The number of fused-ring (bicyclic) bond motifs is 1. The predicted molar refractivity (Wildman–Crippen MR) is 103 cm³/mol. The zero-order valence-electron chi connectivity index (χ0n) is 14.7. The normalized spacial score (nSPS) is 11.1. The van der Waals surface area contributed by atoms with Crippen LogP contribution < -0.4 is 11.4 Å². The fourth-order valence-electron chi connectivity index (χ4n) is 2.84. The number of aromatic nitrogens is 4. The minimum atomic E-state index is -0.508. The number of carbonyl (C=O) groups is 1. The van der Waals surface area contributed by atoms with Gasteiger partial charge in [-0.05, 0) is 47.5 Å². The molecule has 0 fully saturated rings. The lowest BCUT2D eigenvalue weighted by atomic mass is 10.1. The van der Waals surface area contributed by atoms with E-state index in [1.54, 1.807) is 36.4 Å².